The minimum atomic E-state index is -3.48. The number of benzene rings is 1. The summed E-state index contributed by atoms with van der Waals surface area (Å²) in [6.45, 7) is 0.0935. The Morgan fingerprint density at radius 1 is 1.32 bits per heavy atom. The van der Waals surface area contributed by atoms with Gasteiger partial charge in [-0.05, 0) is 30.7 Å². The summed E-state index contributed by atoms with van der Waals surface area (Å²) >= 11 is 5.70. The van der Waals surface area contributed by atoms with Gasteiger partial charge in [0.25, 0.3) is 5.91 Å². The molecule has 0 unspecified atom stereocenters. The second-order valence-electron chi connectivity index (χ2n) is 3.81. The molecule has 0 aromatic heterocycles. The third-order valence-corrected chi connectivity index (χ3v) is 3.22. The maximum Gasteiger partial charge on any atom is 0.257 e. The molecule has 0 fully saturated rings. The van der Waals surface area contributed by atoms with E-state index in [4.69, 9.17) is 21.5 Å². The van der Waals surface area contributed by atoms with Crippen molar-refractivity contribution in [3.63, 3.8) is 0 Å². The molecule has 0 aliphatic heterocycles. The first-order chi connectivity index (χ1) is 8.87. The van der Waals surface area contributed by atoms with Gasteiger partial charge in [-0.15, -0.1) is 0 Å². The maximum absolute atomic E-state index is 11.4. The first kappa shape index (κ1) is 15.7. The van der Waals surface area contributed by atoms with Crippen LogP contribution in [0.5, 0.6) is 5.75 Å². The molecule has 0 saturated carbocycles. The zero-order valence-electron chi connectivity index (χ0n) is 10.1. The van der Waals surface area contributed by atoms with E-state index in [9.17, 15) is 13.2 Å². The number of ether oxygens (including phenoxy) is 1. The molecular weight excluding hydrogens is 292 g/mol. The SMILES string of the molecule is NS(=O)(=O)CCCNC(=O)COc1ccc(Cl)cc1. The molecule has 19 heavy (non-hydrogen) atoms. The average molecular weight is 307 g/mol. The molecule has 0 heterocycles. The van der Waals surface area contributed by atoms with Gasteiger partial charge in [0.05, 0.1) is 5.75 Å². The van der Waals surface area contributed by atoms with E-state index < -0.39 is 10.0 Å². The monoisotopic (exact) mass is 306 g/mol. The normalized spacial score (nSPS) is 11.1. The second-order valence-corrected chi connectivity index (χ2v) is 5.98. The van der Waals surface area contributed by atoms with Gasteiger partial charge in [0, 0.05) is 11.6 Å². The van der Waals surface area contributed by atoms with E-state index in [0.717, 1.165) is 0 Å². The summed E-state index contributed by atoms with van der Waals surface area (Å²) in [6, 6.07) is 6.61. The number of carbonyl (C=O) groups is 1. The molecule has 0 aliphatic rings. The summed E-state index contributed by atoms with van der Waals surface area (Å²) in [6.07, 6.45) is 0.269. The third-order valence-electron chi connectivity index (χ3n) is 2.11. The van der Waals surface area contributed by atoms with E-state index in [-0.39, 0.29) is 31.2 Å². The highest BCUT2D eigenvalue weighted by Gasteiger charge is 2.05. The number of amides is 1. The number of hydrogen-bond donors (Lipinski definition) is 2. The van der Waals surface area contributed by atoms with Crippen LogP contribution in [0.15, 0.2) is 24.3 Å². The molecule has 0 aliphatic carbocycles. The van der Waals surface area contributed by atoms with Gasteiger partial charge in [-0.2, -0.15) is 0 Å². The summed E-state index contributed by atoms with van der Waals surface area (Å²) in [7, 11) is -3.48. The Morgan fingerprint density at radius 3 is 2.53 bits per heavy atom. The van der Waals surface area contributed by atoms with Gasteiger partial charge in [-0.3, -0.25) is 4.79 Å². The van der Waals surface area contributed by atoms with Crippen LogP contribution in [0.1, 0.15) is 6.42 Å². The zero-order valence-corrected chi connectivity index (χ0v) is 11.7. The minimum absolute atomic E-state index is 0.142. The van der Waals surface area contributed by atoms with Crippen molar-refractivity contribution in [3.05, 3.63) is 29.3 Å². The molecule has 0 radical (unpaired) electrons. The largest absolute Gasteiger partial charge is 0.484 e. The highest BCUT2D eigenvalue weighted by molar-refractivity contribution is 7.89. The molecule has 1 aromatic carbocycles. The van der Waals surface area contributed by atoms with Crippen LogP contribution in [-0.2, 0) is 14.8 Å². The van der Waals surface area contributed by atoms with Crippen molar-refractivity contribution in [2.75, 3.05) is 18.9 Å². The van der Waals surface area contributed by atoms with E-state index in [0.29, 0.717) is 10.8 Å². The minimum Gasteiger partial charge on any atom is -0.484 e. The average Bonchev–Trinajstić information content (AvgIpc) is 2.33. The number of rotatable bonds is 7. The van der Waals surface area contributed by atoms with Gasteiger partial charge in [0.1, 0.15) is 5.75 Å². The van der Waals surface area contributed by atoms with Crippen molar-refractivity contribution < 1.29 is 17.9 Å². The van der Waals surface area contributed by atoms with E-state index in [1.165, 1.54) is 0 Å². The van der Waals surface area contributed by atoms with Gasteiger partial charge >= 0.3 is 0 Å². The Labute approximate surface area is 116 Å². The molecule has 0 bridgehead atoms. The summed E-state index contributed by atoms with van der Waals surface area (Å²) in [4.78, 5) is 11.4. The van der Waals surface area contributed by atoms with Crippen LogP contribution < -0.4 is 15.2 Å². The van der Waals surface area contributed by atoms with Gasteiger partial charge in [0.15, 0.2) is 6.61 Å². The Hall–Kier alpha value is -1.31. The fourth-order valence-electron chi connectivity index (χ4n) is 1.23. The van der Waals surface area contributed by atoms with Crippen LogP contribution in [0.3, 0.4) is 0 Å². The molecule has 8 heteroatoms. The Bertz CT molecular complexity index is 516. The number of halogens is 1. The number of nitrogens with one attached hydrogen (secondary N) is 1. The predicted octanol–water partition coefficient (Wildman–Crippen LogP) is 0.514. The summed E-state index contributed by atoms with van der Waals surface area (Å²) in [5.74, 6) is 0.0409. The molecule has 6 nitrogen and oxygen atoms in total. The van der Waals surface area contributed by atoms with Crippen LogP contribution in [0.4, 0.5) is 0 Å². The Morgan fingerprint density at radius 2 is 1.95 bits per heavy atom. The smallest absolute Gasteiger partial charge is 0.257 e. The first-order valence-corrected chi connectivity index (χ1v) is 7.62. The fraction of sp³-hybridized carbons (Fsp3) is 0.364. The standard InChI is InChI=1S/C11H15ClN2O4S/c12-9-2-4-10(5-3-9)18-8-11(15)14-6-1-7-19(13,16)17/h2-5H,1,6-8H2,(H,14,15)(H2,13,16,17). The Kier molecular flexibility index (Phi) is 6.07. The van der Waals surface area contributed by atoms with Gasteiger partial charge in [-0.1, -0.05) is 11.6 Å². The van der Waals surface area contributed by atoms with Crippen molar-refractivity contribution in [1.29, 1.82) is 0 Å². The van der Waals surface area contributed by atoms with Gasteiger partial charge in [0.2, 0.25) is 10.0 Å². The van der Waals surface area contributed by atoms with Gasteiger partial charge in [-0.25, -0.2) is 13.6 Å². The predicted molar refractivity (Wildman–Crippen MR) is 72.5 cm³/mol. The van der Waals surface area contributed by atoms with Crippen LogP contribution in [0, 0.1) is 0 Å². The van der Waals surface area contributed by atoms with Crippen molar-refractivity contribution >= 4 is 27.5 Å². The van der Waals surface area contributed by atoms with Crippen LogP contribution in [-0.4, -0.2) is 33.2 Å². The quantitative estimate of drug-likeness (QED) is 0.717. The molecule has 1 aromatic rings. The number of nitrogens with two attached hydrogens (primary N) is 1. The molecule has 0 atom stereocenters. The van der Waals surface area contributed by atoms with Gasteiger partial charge < -0.3 is 10.1 Å². The molecule has 0 saturated heterocycles. The van der Waals surface area contributed by atoms with Crippen molar-refractivity contribution in [1.82, 2.24) is 5.32 Å². The highest BCUT2D eigenvalue weighted by atomic mass is 35.5. The fourth-order valence-corrected chi connectivity index (χ4v) is 1.90. The third kappa shape index (κ3) is 7.66. The summed E-state index contributed by atoms with van der Waals surface area (Å²) in [5.41, 5.74) is 0. The molecule has 3 N–H and O–H groups in total. The Balaban J connectivity index is 2.19. The van der Waals surface area contributed by atoms with Crippen LogP contribution >= 0.6 is 11.6 Å². The second kappa shape index (κ2) is 7.32. The first-order valence-electron chi connectivity index (χ1n) is 5.52. The summed E-state index contributed by atoms with van der Waals surface area (Å²) in [5, 5.41) is 7.93. The van der Waals surface area contributed by atoms with E-state index in [1.807, 2.05) is 0 Å². The zero-order chi connectivity index (χ0) is 14.3. The lowest BCUT2D eigenvalue weighted by Gasteiger charge is -2.07. The molecule has 1 amide bonds. The van der Waals surface area contributed by atoms with E-state index in [2.05, 4.69) is 5.32 Å². The highest BCUT2D eigenvalue weighted by Crippen LogP contribution is 2.15. The topological polar surface area (TPSA) is 98.5 Å². The molecular formula is C11H15ClN2O4S. The number of hydrogen-bond acceptors (Lipinski definition) is 4. The molecule has 1 rings (SSSR count). The van der Waals surface area contributed by atoms with Crippen LogP contribution in [0.25, 0.3) is 0 Å². The lowest BCUT2D eigenvalue weighted by Crippen LogP contribution is -2.31. The van der Waals surface area contributed by atoms with E-state index >= 15 is 0 Å². The lowest BCUT2D eigenvalue weighted by atomic mass is 10.3. The van der Waals surface area contributed by atoms with E-state index in [1.54, 1.807) is 24.3 Å². The van der Waals surface area contributed by atoms with Crippen molar-refractivity contribution in [2.24, 2.45) is 5.14 Å². The lowest BCUT2D eigenvalue weighted by molar-refractivity contribution is -0.123. The summed E-state index contributed by atoms with van der Waals surface area (Å²) < 4.78 is 26.5. The molecule has 0 spiro atoms. The van der Waals surface area contributed by atoms with Crippen LogP contribution in [0.2, 0.25) is 5.02 Å². The maximum atomic E-state index is 11.4. The molecule has 106 valence electrons. The van der Waals surface area contributed by atoms with Crippen molar-refractivity contribution in [2.45, 2.75) is 6.42 Å². The number of primary sulfonamides is 1. The number of carbonyl (C=O) groups excluding carboxylic acids is 1. The number of sulfonamides is 1. The van der Waals surface area contributed by atoms with Crippen molar-refractivity contribution in [3.8, 4) is 5.75 Å².